The Morgan fingerprint density at radius 1 is 1.37 bits per heavy atom. The molecule has 2 aliphatic rings. The normalized spacial score (nSPS) is 31.7. The number of nitrogens with two attached hydrogens (primary N) is 1. The molecular weight excluding hydrogens is 238 g/mol. The first kappa shape index (κ1) is 14.8. The van der Waals surface area contributed by atoms with Crippen LogP contribution in [0.1, 0.15) is 52.9 Å². The molecule has 1 amide bonds. The lowest BCUT2D eigenvalue weighted by molar-refractivity contribution is -0.143. The third kappa shape index (κ3) is 3.11. The van der Waals surface area contributed by atoms with Crippen LogP contribution in [0, 0.1) is 0 Å². The lowest BCUT2D eigenvalue weighted by atomic mass is 9.92. The molecule has 2 aliphatic heterocycles. The van der Waals surface area contributed by atoms with Crippen LogP contribution in [-0.2, 0) is 4.79 Å². The van der Waals surface area contributed by atoms with Gasteiger partial charge in [-0.15, -0.1) is 0 Å². The number of nitrogens with zero attached hydrogens (tertiary/aromatic N) is 2. The van der Waals surface area contributed by atoms with Gasteiger partial charge >= 0.3 is 0 Å². The van der Waals surface area contributed by atoms with Gasteiger partial charge in [0.1, 0.15) is 0 Å². The molecule has 0 aromatic rings. The molecule has 3 unspecified atom stereocenters. The summed E-state index contributed by atoms with van der Waals surface area (Å²) in [7, 11) is 0. The van der Waals surface area contributed by atoms with Crippen LogP contribution in [0.5, 0.6) is 0 Å². The first-order chi connectivity index (χ1) is 8.95. The van der Waals surface area contributed by atoms with E-state index in [4.69, 9.17) is 5.73 Å². The van der Waals surface area contributed by atoms with E-state index in [1.807, 2.05) is 11.8 Å². The molecule has 2 heterocycles. The van der Waals surface area contributed by atoms with Gasteiger partial charge in [0.05, 0.1) is 5.54 Å². The second-order valence-corrected chi connectivity index (χ2v) is 6.62. The summed E-state index contributed by atoms with van der Waals surface area (Å²) in [6, 6.07) is 0.855. The topological polar surface area (TPSA) is 49.6 Å². The summed E-state index contributed by atoms with van der Waals surface area (Å²) in [6.07, 6.45) is 5.56. The summed E-state index contributed by atoms with van der Waals surface area (Å²) in [5, 5.41) is 0. The van der Waals surface area contributed by atoms with Gasteiger partial charge in [0.2, 0.25) is 5.91 Å². The van der Waals surface area contributed by atoms with Crippen molar-refractivity contribution in [3.63, 3.8) is 0 Å². The third-order valence-corrected chi connectivity index (χ3v) is 4.71. The summed E-state index contributed by atoms with van der Waals surface area (Å²) in [5.41, 5.74) is 5.53. The predicted molar refractivity (Wildman–Crippen MR) is 77.9 cm³/mol. The van der Waals surface area contributed by atoms with E-state index in [-0.39, 0.29) is 5.91 Å². The molecule has 0 saturated carbocycles. The number of hydrogen-bond donors (Lipinski definition) is 1. The number of piperidine rings is 1. The number of piperazine rings is 1. The first-order valence-corrected chi connectivity index (χ1v) is 7.79. The van der Waals surface area contributed by atoms with E-state index in [9.17, 15) is 4.79 Å². The maximum absolute atomic E-state index is 12.7. The minimum atomic E-state index is -0.695. The van der Waals surface area contributed by atoms with Crippen LogP contribution in [0.4, 0.5) is 0 Å². The highest BCUT2D eigenvalue weighted by Crippen LogP contribution is 2.26. The van der Waals surface area contributed by atoms with Crippen molar-refractivity contribution in [1.29, 1.82) is 0 Å². The minimum absolute atomic E-state index is 0.145. The maximum atomic E-state index is 12.7. The van der Waals surface area contributed by atoms with Crippen LogP contribution < -0.4 is 5.73 Å². The fourth-order valence-corrected chi connectivity index (χ4v) is 3.59. The van der Waals surface area contributed by atoms with Crippen LogP contribution >= 0.6 is 0 Å². The molecule has 110 valence electrons. The van der Waals surface area contributed by atoms with Crippen molar-refractivity contribution in [2.75, 3.05) is 19.6 Å². The Morgan fingerprint density at radius 2 is 2.11 bits per heavy atom. The zero-order chi connectivity index (χ0) is 14.0. The van der Waals surface area contributed by atoms with Crippen molar-refractivity contribution >= 4 is 5.91 Å². The highest BCUT2D eigenvalue weighted by Gasteiger charge is 2.40. The fourth-order valence-electron chi connectivity index (χ4n) is 3.59. The second-order valence-electron chi connectivity index (χ2n) is 6.62. The van der Waals surface area contributed by atoms with Gasteiger partial charge in [-0.25, -0.2) is 0 Å². The highest BCUT2D eigenvalue weighted by molar-refractivity contribution is 5.86. The Bertz CT molecular complexity index is 329. The highest BCUT2D eigenvalue weighted by atomic mass is 16.2. The van der Waals surface area contributed by atoms with Crippen LogP contribution in [-0.4, -0.2) is 53.0 Å². The molecule has 19 heavy (non-hydrogen) atoms. The Morgan fingerprint density at radius 3 is 2.79 bits per heavy atom. The minimum Gasteiger partial charge on any atom is -0.336 e. The molecular formula is C15H29N3O. The Labute approximate surface area is 117 Å². The molecule has 0 spiro atoms. The van der Waals surface area contributed by atoms with Gasteiger partial charge in [0, 0.05) is 25.2 Å². The predicted octanol–water partition coefficient (Wildman–Crippen LogP) is 1.59. The van der Waals surface area contributed by atoms with Crippen LogP contribution in [0.15, 0.2) is 0 Å². The molecule has 0 bridgehead atoms. The number of carbonyl (C=O) groups is 1. The monoisotopic (exact) mass is 267 g/mol. The number of carbonyl (C=O) groups excluding carboxylic acids is 1. The Hall–Kier alpha value is -0.610. The van der Waals surface area contributed by atoms with Crippen molar-refractivity contribution in [1.82, 2.24) is 9.80 Å². The molecule has 2 saturated heterocycles. The van der Waals surface area contributed by atoms with Crippen molar-refractivity contribution < 1.29 is 4.79 Å². The van der Waals surface area contributed by atoms with Gasteiger partial charge in [0.25, 0.3) is 0 Å². The summed E-state index contributed by atoms with van der Waals surface area (Å²) in [6.45, 7) is 9.21. The van der Waals surface area contributed by atoms with Crippen molar-refractivity contribution in [3.8, 4) is 0 Å². The standard InChI is InChI=1S/C15H29N3O/c1-4-8-15(3,16)14(19)18-11-13-7-5-6-9-17(13)10-12(18)2/h12-13H,4-11,16H2,1-3H3. The van der Waals surface area contributed by atoms with Gasteiger partial charge in [-0.2, -0.15) is 0 Å². The largest absolute Gasteiger partial charge is 0.336 e. The summed E-state index contributed by atoms with van der Waals surface area (Å²) >= 11 is 0. The van der Waals surface area contributed by atoms with Gasteiger partial charge in [0.15, 0.2) is 0 Å². The zero-order valence-electron chi connectivity index (χ0n) is 12.7. The van der Waals surface area contributed by atoms with Gasteiger partial charge in [-0.1, -0.05) is 19.8 Å². The molecule has 2 N–H and O–H groups in total. The molecule has 4 nitrogen and oxygen atoms in total. The van der Waals surface area contributed by atoms with E-state index in [1.54, 1.807) is 0 Å². The molecule has 2 rings (SSSR count). The average molecular weight is 267 g/mol. The number of fused-ring (bicyclic) bond motifs is 1. The van der Waals surface area contributed by atoms with Gasteiger partial charge in [-0.05, 0) is 39.7 Å². The first-order valence-electron chi connectivity index (χ1n) is 7.79. The fraction of sp³-hybridized carbons (Fsp3) is 0.933. The van der Waals surface area contributed by atoms with Gasteiger partial charge in [-0.3, -0.25) is 9.69 Å². The van der Waals surface area contributed by atoms with E-state index < -0.39 is 5.54 Å². The quantitative estimate of drug-likeness (QED) is 0.845. The molecule has 3 atom stereocenters. The van der Waals surface area contributed by atoms with E-state index in [0.29, 0.717) is 12.1 Å². The second kappa shape index (κ2) is 5.80. The van der Waals surface area contributed by atoms with E-state index >= 15 is 0 Å². The number of hydrogen-bond acceptors (Lipinski definition) is 3. The Balaban J connectivity index is 2.05. The van der Waals surface area contributed by atoms with Crippen LogP contribution in [0.3, 0.4) is 0 Å². The molecule has 4 heteroatoms. The molecule has 0 aliphatic carbocycles. The Kier molecular flexibility index (Phi) is 4.51. The lowest BCUT2D eigenvalue weighted by Crippen LogP contribution is -2.64. The van der Waals surface area contributed by atoms with Crippen molar-refractivity contribution in [3.05, 3.63) is 0 Å². The summed E-state index contributed by atoms with van der Waals surface area (Å²) in [4.78, 5) is 17.3. The number of rotatable bonds is 3. The third-order valence-electron chi connectivity index (χ3n) is 4.71. The zero-order valence-corrected chi connectivity index (χ0v) is 12.7. The van der Waals surface area contributed by atoms with Gasteiger partial charge < -0.3 is 10.6 Å². The number of amides is 1. The van der Waals surface area contributed by atoms with Crippen molar-refractivity contribution in [2.45, 2.75) is 70.5 Å². The molecule has 0 aromatic carbocycles. The smallest absolute Gasteiger partial charge is 0.242 e. The summed E-state index contributed by atoms with van der Waals surface area (Å²) in [5.74, 6) is 0.145. The average Bonchev–Trinajstić information content (AvgIpc) is 2.37. The van der Waals surface area contributed by atoms with Crippen molar-refractivity contribution in [2.24, 2.45) is 5.73 Å². The van der Waals surface area contributed by atoms with Crippen LogP contribution in [0.2, 0.25) is 0 Å². The molecule has 2 fully saturated rings. The lowest BCUT2D eigenvalue weighted by Gasteiger charge is -2.49. The van der Waals surface area contributed by atoms with E-state index in [0.717, 1.165) is 25.9 Å². The van der Waals surface area contributed by atoms with Crippen LogP contribution in [0.25, 0.3) is 0 Å². The SMILES string of the molecule is CCCC(C)(N)C(=O)N1CC2CCCCN2CC1C. The molecule has 0 aromatic heterocycles. The van der Waals surface area contributed by atoms with E-state index in [1.165, 1.54) is 25.8 Å². The van der Waals surface area contributed by atoms with E-state index in [2.05, 4.69) is 18.7 Å². The molecule has 0 radical (unpaired) electrons. The summed E-state index contributed by atoms with van der Waals surface area (Å²) < 4.78 is 0. The maximum Gasteiger partial charge on any atom is 0.242 e.